The second-order valence-corrected chi connectivity index (χ2v) is 7.83. The maximum Gasteiger partial charge on any atom is 0.0570 e. The fourth-order valence-electron chi connectivity index (χ4n) is 5.92. The topological polar surface area (TPSA) is 23.5 Å². The highest BCUT2D eigenvalue weighted by Gasteiger charge is 2.44. The lowest BCUT2D eigenvalue weighted by atomic mass is 9.68. The van der Waals surface area contributed by atoms with Crippen LogP contribution in [0.1, 0.15) is 70.6 Å². The van der Waals surface area contributed by atoms with Crippen LogP contribution in [0, 0.1) is 11.8 Å². The lowest BCUT2D eigenvalue weighted by Crippen LogP contribution is -2.59. The summed E-state index contributed by atoms with van der Waals surface area (Å²) >= 11 is 0. The minimum Gasteiger partial charge on any atom is -0.393 e. The molecule has 108 valence electrons. The first kappa shape index (κ1) is 12.6. The van der Waals surface area contributed by atoms with E-state index in [-0.39, 0.29) is 6.10 Å². The molecular formula is C17H29NO. The maximum atomic E-state index is 10.1. The van der Waals surface area contributed by atoms with E-state index in [4.69, 9.17) is 0 Å². The number of nitrogens with zero attached hydrogens (tertiary/aromatic N) is 1. The minimum atomic E-state index is -0.00496. The van der Waals surface area contributed by atoms with Crippen molar-refractivity contribution in [1.82, 2.24) is 4.90 Å². The van der Waals surface area contributed by atoms with E-state index in [2.05, 4.69) is 4.90 Å². The van der Waals surface area contributed by atoms with Crippen LogP contribution in [-0.2, 0) is 0 Å². The summed E-state index contributed by atoms with van der Waals surface area (Å²) in [6, 6.07) is 2.30. The Balaban J connectivity index is 1.51. The summed E-state index contributed by atoms with van der Waals surface area (Å²) in [5, 5.41) is 10.1. The van der Waals surface area contributed by atoms with Crippen molar-refractivity contribution in [1.29, 1.82) is 0 Å². The highest BCUT2D eigenvalue weighted by Crippen LogP contribution is 2.45. The van der Waals surface area contributed by atoms with Gasteiger partial charge in [0.15, 0.2) is 0 Å². The molecule has 2 aliphatic carbocycles. The van der Waals surface area contributed by atoms with Gasteiger partial charge in [-0.3, -0.25) is 4.90 Å². The van der Waals surface area contributed by atoms with E-state index in [0.29, 0.717) is 12.1 Å². The van der Waals surface area contributed by atoms with Crippen LogP contribution in [0.5, 0.6) is 0 Å². The largest absolute Gasteiger partial charge is 0.393 e. The Bertz CT molecular complexity index is 305. The number of aliphatic hydroxyl groups excluding tert-OH is 1. The number of fused-ring (bicyclic) bond motifs is 4. The molecule has 4 fully saturated rings. The van der Waals surface area contributed by atoms with Gasteiger partial charge in [0.25, 0.3) is 0 Å². The van der Waals surface area contributed by atoms with Gasteiger partial charge in [-0.25, -0.2) is 0 Å². The summed E-state index contributed by atoms with van der Waals surface area (Å²) in [5.41, 5.74) is 0. The molecule has 1 N–H and O–H groups in total. The van der Waals surface area contributed by atoms with Gasteiger partial charge in [0.05, 0.1) is 6.10 Å². The summed E-state index contributed by atoms with van der Waals surface area (Å²) in [6.07, 6.45) is 15.2. The molecule has 2 heteroatoms. The van der Waals surface area contributed by atoms with Gasteiger partial charge < -0.3 is 5.11 Å². The zero-order valence-electron chi connectivity index (χ0n) is 12.1. The molecule has 2 saturated heterocycles. The smallest absolute Gasteiger partial charge is 0.0570 e. The Morgan fingerprint density at radius 3 is 1.84 bits per heavy atom. The van der Waals surface area contributed by atoms with Crippen molar-refractivity contribution in [3.63, 3.8) is 0 Å². The summed E-state index contributed by atoms with van der Waals surface area (Å²) in [4.78, 5) is 2.90. The first-order valence-corrected chi connectivity index (χ1v) is 8.75. The average Bonchev–Trinajstić information content (AvgIpc) is 2.37. The van der Waals surface area contributed by atoms with E-state index < -0.39 is 0 Å². The van der Waals surface area contributed by atoms with Gasteiger partial charge in [0.2, 0.25) is 0 Å². The Labute approximate surface area is 117 Å². The van der Waals surface area contributed by atoms with Crippen LogP contribution in [0.4, 0.5) is 0 Å². The fraction of sp³-hybridized carbons (Fsp3) is 1.00. The monoisotopic (exact) mass is 263 g/mol. The van der Waals surface area contributed by atoms with Gasteiger partial charge in [0, 0.05) is 18.1 Å². The molecule has 0 aromatic rings. The van der Waals surface area contributed by atoms with Gasteiger partial charge in [-0.05, 0) is 56.8 Å². The van der Waals surface area contributed by atoms with E-state index in [0.717, 1.165) is 30.7 Å². The van der Waals surface area contributed by atoms with Crippen LogP contribution in [0.2, 0.25) is 0 Å². The number of hydrogen-bond acceptors (Lipinski definition) is 2. The molecule has 0 spiro atoms. The molecule has 2 heterocycles. The van der Waals surface area contributed by atoms with Crippen LogP contribution in [0.25, 0.3) is 0 Å². The molecule has 0 radical (unpaired) electrons. The van der Waals surface area contributed by atoms with Crippen LogP contribution < -0.4 is 0 Å². The van der Waals surface area contributed by atoms with E-state index in [9.17, 15) is 5.11 Å². The zero-order chi connectivity index (χ0) is 12.8. The third-order valence-electron chi connectivity index (χ3n) is 6.53. The number of piperidine rings is 2. The van der Waals surface area contributed by atoms with Crippen molar-refractivity contribution >= 4 is 0 Å². The molecular weight excluding hydrogens is 234 g/mol. The summed E-state index contributed by atoms with van der Waals surface area (Å²) in [6.45, 7) is 0. The molecule has 4 aliphatic rings. The molecule has 0 aromatic heterocycles. The van der Waals surface area contributed by atoms with Crippen LogP contribution >= 0.6 is 0 Å². The third kappa shape index (κ3) is 2.35. The molecule has 4 bridgehead atoms. The van der Waals surface area contributed by atoms with Gasteiger partial charge in [-0.2, -0.15) is 0 Å². The Morgan fingerprint density at radius 2 is 1.21 bits per heavy atom. The Hall–Kier alpha value is -0.0800. The van der Waals surface area contributed by atoms with Gasteiger partial charge in [-0.1, -0.05) is 25.7 Å². The first-order valence-electron chi connectivity index (χ1n) is 8.75. The van der Waals surface area contributed by atoms with E-state index in [1.165, 1.54) is 57.8 Å². The van der Waals surface area contributed by atoms with Crippen molar-refractivity contribution in [2.45, 2.75) is 94.9 Å². The average molecular weight is 263 g/mol. The molecule has 0 aromatic carbocycles. The van der Waals surface area contributed by atoms with Crippen molar-refractivity contribution < 1.29 is 5.11 Å². The first-order chi connectivity index (χ1) is 9.29. The summed E-state index contributed by atoms with van der Waals surface area (Å²) in [7, 11) is 0. The van der Waals surface area contributed by atoms with Crippen molar-refractivity contribution in [2.75, 3.05) is 0 Å². The molecule has 4 rings (SSSR count). The highest BCUT2D eigenvalue weighted by atomic mass is 16.3. The van der Waals surface area contributed by atoms with Crippen LogP contribution in [-0.4, -0.2) is 34.2 Å². The van der Waals surface area contributed by atoms with Crippen molar-refractivity contribution in [3.05, 3.63) is 0 Å². The lowest BCUT2D eigenvalue weighted by Gasteiger charge is -2.54. The quantitative estimate of drug-likeness (QED) is 0.784. The molecule has 4 unspecified atom stereocenters. The lowest BCUT2D eigenvalue weighted by molar-refractivity contribution is -0.0722. The molecule has 19 heavy (non-hydrogen) atoms. The molecule has 4 atom stereocenters. The number of hydrogen-bond donors (Lipinski definition) is 1. The van der Waals surface area contributed by atoms with Crippen molar-refractivity contribution in [3.8, 4) is 0 Å². The predicted molar refractivity (Wildman–Crippen MR) is 77.0 cm³/mol. The molecule has 2 nitrogen and oxygen atoms in total. The van der Waals surface area contributed by atoms with Gasteiger partial charge >= 0.3 is 0 Å². The van der Waals surface area contributed by atoms with Crippen molar-refractivity contribution in [2.24, 2.45) is 11.8 Å². The van der Waals surface area contributed by atoms with Crippen LogP contribution in [0.15, 0.2) is 0 Å². The van der Waals surface area contributed by atoms with E-state index in [1.54, 1.807) is 0 Å². The highest BCUT2D eigenvalue weighted by molar-refractivity contribution is 4.98. The molecule has 2 saturated carbocycles. The van der Waals surface area contributed by atoms with Gasteiger partial charge in [-0.15, -0.1) is 0 Å². The molecule has 0 amide bonds. The summed E-state index contributed by atoms with van der Waals surface area (Å²) in [5.74, 6) is 2.06. The van der Waals surface area contributed by atoms with E-state index in [1.807, 2.05) is 0 Å². The second kappa shape index (κ2) is 5.04. The van der Waals surface area contributed by atoms with E-state index >= 15 is 0 Å². The fourth-order valence-corrected chi connectivity index (χ4v) is 5.92. The Kier molecular flexibility index (Phi) is 3.35. The second-order valence-electron chi connectivity index (χ2n) is 7.83. The third-order valence-corrected chi connectivity index (χ3v) is 6.53. The van der Waals surface area contributed by atoms with Gasteiger partial charge in [0.1, 0.15) is 0 Å². The molecule has 2 aliphatic heterocycles. The maximum absolute atomic E-state index is 10.1. The number of rotatable bonds is 1. The Morgan fingerprint density at radius 1 is 0.632 bits per heavy atom. The normalized spacial score (nSPS) is 51.0. The number of aliphatic hydroxyl groups is 1. The zero-order valence-corrected chi connectivity index (χ0v) is 12.1. The predicted octanol–water partition coefficient (Wildman–Crippen LogP) is 3.33. The standard InChI is InChI=1S/C17H29NO/c19-17-10-14-5-2-6-15(11-17)18(14)16-8-12-3-1-4-13(7-12)9-16/h12-17,19H,1-11H2. The minimum absolute atomic E-state index is 0.00496. The summed E-state index contributed by atoms with van der Waals surface area (Å²) < 4.78 is 0. The SMILES string of the molecule is OC1CC2CCCC(C1)N2C1CC2CCCC(C2)C1. The van der Waals surface area contributed by atoms with Crippen LogP contribution in [0.3, 0.4) is 0 Å².